The van der Waals surface area contributed by atoms with Gasteiger partial charge in [-0.3, -0.25) is 8.98 Å². The van der Waals surface area contributed by atoms with E-state index in [9.17, 15) is 18.0 Å². The van der Waals surface area contributed by atoms with E-state index < -0.39 is 22.3 Å². The van der Waals surface area contributed by atoms with Gasteiger partial charge in [-0.2, -0.15) is 8.42 Å². The first-order chi connectivity index (χ1) is 11.8. The average Bonchev–Trinajstić information content (AvgIpc) is 3.15. The molecule has 1 saturated heterocycles. The lowest BCUT2D eigenvalue weighted by molar-refractivity contribution is 0.102. The number of aryl methyl sites for hydroxylation is 1. The fourth-order valence-corrected chi connectivity index (χ4v) is 3.44. The number of ether oxygens (including phenoxy) is 1. The number of likely N-dealkylation sites (tertiary alicyclic amines) is 1. The third-order valence-electron chi connectivity index (χ3n) is 3.81. The van der Waals surface area contributed by atoms with Crippen LogP contribution in [-0.2, 0) is 25.6 Å². The van der Waals surface area contributed by atoms with Crippen LogP contribution in [0.5, 0.6) is 0 Å². The van der Waals surface area contributed by atoms with Gasteiger partial charge in [0, 0.05) is 12.6 Å². The molecule has 1 aliphatic heterocycles. The molecule has 1 aromatic rings. The van der Waals surface area contributed by atoms with E-state index >= 15 is 0 Å². The zero-order valence-corrected chi connectivity index (χ0v) is 14.7. The fourth-order valence-electron chi connectivity index (χ4n) is 2.81. The summed E-state index contributed by atoms with van der Waals surface area (Å²) in [7, 11) is -3.62. The van der Waals surface area contributed by atoms with E-state index in [1.807, 2.05) is 0 Å². The lowest BCUT2D eigenvalue weighted by atomic mass is 10.1. The molecule has 138 valence electrons. The van der Waals surface area contributed by atoms with E-state index in [-0.39, 0.29) is 19.2 Å². The lowest BCUT2D eigenvalue weighted by Crippen LogP contribution is -2.37. The van der Waals surface area contributed by atoms with Crippen molar-refractivity contribution in [3.05, 3.63) is 30.9 Å². The molecule has 0 radical (unpaired) electrons. The first kappa shape index (κ1) is 19.1. The minimum atomic E-state index is -3.62. The number of carbonyl (C=O) groups is 2. The highest BCUT2D eigenvalue weighted by molar-refractivity contribution is 7.86. The molecule has 0 saturated carbocycles. The Bertz CT molecular complexity index is 729. The second-order valence-corrected chi connectivity index (χ2v) is 7.35. The predicted octanol–water partition coefficient (Wildman–Crippen LogP) is 0.827. The number of carbonyl (C=O) groups excluding carboxylic acids is 2. The number of hydrogen-bond acceptors (Lipinski definition) is 7. The maximum atomic E-state index is 12.2. The predicted molar refractivity (Wildman–Crippen MR) is 88.6 cm³/mol. The Morgan fingerprint density at radius 3 is 2.92 bits per heavy atom. The van der Waals surface area contributed by atoms with Gasteiger partial charge in [-0.25, -0.2) is 9.78 Å². The Balaban J connectivity index is 2.05. The molecule has 1 aliphatic rings. The molecule has 1 fully saturated rings. The van der Waals surface area contributed by atoms with Crippen molar-refractivity contribution in [3.63, 3.8) is 0 Å². The van der Waals surface area contributed by atoms with E-state index in [4.69, 9.17) is 8.92 Å². The molecule has 1 aromatic heterocycles. The van der Waals surface area contributed by atoms with E-state index in [0.29, 0.717) is 31.4 Å². The first-order valence-electron chi connectivity index (χ1n) is 7.72. The smallest absolute Gasteiger partial charge is 0.410 e. The van der Waals surface area contributed by atoms with Crippen LogP contribution >= 0.6 is 0 Å². The van der Waals surface area contributed by atoms with Crippen molar-refractivity contribution in [2.24, 2.45) is 0 Å². The number of rotatable bonds is 8. The summed E-state index contributed by atoms with van der Waals surface area (Å²) in [6, 6.07) is -0.272. The van der Waals surface area contributed by atoms with Crippen LogP contribution in [0.3, 0.4) is 0 Å². The van der Waals surface area contributed by atoms with Crippen LogP contribution in [0, 0.1) is 0 Å². The average molecular weight is 371 g/mol. The molecule has 0 aliphatic carbocycles. The van der Waals surface area contributed by atoms with E-state index in [0.717, 1.165) is 6.26 Å². The Hall–Kier alpha value is -2.20. The van der Waals surface area contributed by atoms with Crippen molar-refractivity contribution in [2.75, 3.05) is 19.4 Å². The number of imidazole rings is 1. The summed E-state index contributed by atoms with van der Waals surface area (Å²) in [6.45, 7) is 4.13. The molecular formula is C15H21N3O6S. The molecule has 0 bridgehead atoms. The second-order valence-electron chi connectivity index (χ2n) is 5.75. The quantitative estimate of drug-likeness (QED) is 0.378. The Morgan fingerprint density at radius 2 is 2.28 bits per heavy atom. The van der Waals surface area contributed by atoms with Gasteiger partial charge in [0.2, 0.25) is 0 Å². The molecular weight excluding hydrogens is 350 g/mol. The van der Waals surface area contributed by atoms with Crippen molar-refractivity contribution >= 4 is 22.5 Å². The van der Waals surface area contributed by atoms with Crippen LogP contribution in [-0.4, -0.2) is 66.8 Å². The Kier molecular flexibility index (Phi) is 6.32. The largest absolute Gasteiger partial charge is 0.445 e. The minimum Gasteiger partial charge on any atom is -0.445 e. The van der Waals surface area contributed by atoms with Gasteiger partial charge in [-0.05, 0) is 12.8 Å². The molecule has 9 nitrogen and oxygen atoms in total. The van der Waals surface area contributed by atoms with Gasteiger partial charge in [-0.15, -0.1) is 0 Å². The summed E-state index contributed by atoms with van der Waals surface area (Å²) >= 11 is 0. The van der Waals surface area contributed by atoms with Crippen molar-refractivity contribution in [1.82, 2.24) is 14.5 Å². The van der Waals surface area contributed by atoms with Gasteiger partial charge in [0.25, 0.3) is 10.1 Å². The van der Waals surface area contributed by atoms with Crippen LogP contribution in [0.15, 0.2) is 25.2 Å². The molecule has 0 aromatic carbocycles. The topological polar surface area (TPSA) is 108 Å². The monoisotopic (exact) mass is 371 g/mol. The second kappa shape index (κ2) is 8.26. The number of nitrogens with zero attached hydrogens (tertiary/aromatic N) is 3. The molecule has 2 rings (SSSR count). The number of aromatic nitrogens is 2. The van der Waals surface area contributed by atoms with Gasteiger partial charge in [0.05, 0.1) is 31.4 Å². The lowest BCUT2D eigenvalue weighted by Gasteiger charge is -2.23. The summed E-state index contributed by atoms with van der Waals surface area (Å²) < 4.78 is 34.4. The standard InChI is InChI=1S/C15H21N3O6S/c1-3-6-23-15(20)18-9-14(24-25(2,21)22)7-12(18)4-5-17-11-16-8-13(17)10-19/h3,8,10-12,14H,1,4-7,9H2,2H3/t12-,14-/m1/s1. The molecule has 0 spiro atoms. The molecule has 0 N–H and O–H groups in total. The van der Waals surface area contributed by atoms with Crippen LogP contribution in [0.1, 0.15) is 23.3 Å². The van der Waals surface area contributed by atoms with Crippen molar-refractivity contribution in [1.29, 1.82) is 0 Å². The molecule has 2 atom stereocenters. The van der Waals surface area contributed by atoms with Crippen molar-refractivity contribution in [2.45, 2.75) is 31.5 Å². The number of amides is 1. The van der Waals surface area contributed by atoms with Gasteiger partial charge in [0.15, 0.2) is 6.29 Å². The van der Waals surface area contributed by atoms with Crippen LogP contribution < -0.4 is 0 Å². The van der Waals surface area contributed by atoms with Gasteiger partial charge in [0.1, 0.15) is 12.3 Å². The zero-order chi connectivity index (χ0) is 18.4. The van der Waals surface area contributed by atoms with Crippen LogP contribution in [0.2, 0.25) is 0 Å². The summed E-state index contributed by atoms with van der Waals surface area (Å²) in [5, 5.41) is 0. The minimum absolute atomic E-state index is 0.0659. The normalized spacial score (nSPS) is 20.4. The van der Waals surface area contributed by atoms with Crippen molar-refractivity contribution in [3.8, 4) is 0 Å². The third kappa shape index (κ3) is 5.40. The number of hydrogen-bond donors (Lipinski definition) is 0. The highest BCUT2D eigenvalue weighted by Crippen LogP contribution is 2.25. The van der Waals surface area contributed by atoms with Gasteiger partial charge >= 0.3 is 6.09 Å². The highest BCUT2D eigenvalue weighted by Gasteiger charge is 2.38. The Labute approximate surface area is 146 Å². The molecule has 2 heterocycles. The molecule has 25 heavy (non-hydrogen) atoms. The summed E-state index contributed by atoms with van der Waals surface area (Å²) in [5.74, 6) is 0. The Morgan fingerprint density at radius 1 is 1.52 bits per heavy atom. The molecule has 0 unspecified atom stereocenters. The number of aldehydes is 1. The maximum absolute atomic E-state index is 12.2. The summed E-state index contributed by atoms with van der Waals surface area (Å²) in [4.78, 5) is 28.5. The van der Waals surface area contributed by atoms with Crippen LogP contribution in [0.4, 0.5) is 4.79 Å². The van der Waals surface area contributed by atoms with Gasteiger partial charge in [-0.1, -0.05) is 12.7 Å². The van der Waals surface area contributed by atoms with Crippen molar-refractivity contribution < 1.29 is 26.9 Å². The SMILES string of the molecule is C=CCOC(=O)N1C[C@H](OS(C)(=O)=O)C[C@H]1CCn1cncc1C=O. The molecule has 10 heteroatoms. The van der Waals surface area contributed by atoms with E-state index in [1.54, 1.807) is 4.57 Å². The van der Waals surface area contributed by atoms with E-state index in [2.05, 4.69) is 11.6 Å². The fraction of sp³-hybridized carbons (Fsp3) is 0.533. The molecule has 1 amide bonds. The van der Waals surface area contributed by atoms with E-state index in [1.165, 1.54) is 23.5 Å². The maximum Gasteiger partial charge on any atom is 0.410 e. The summed E-state index contributed by atoms with van der Waals surface area (Å²) in [6.07, 6.45) is 5.81. The highest BCUT2D eigenvalue weighted by atomic mass is 32.2. The summed E-state index contributed by atoms with van der Waals surface area (Å²) in [5.41, 5.74) is 0.433. The first-order valence-corrected chi connectivity index (χ1v) is 9.53. The van der Waals surface area contributed by atoms with Crippen LogP contribution in [0.25, 0.3) is 0 Å². The zero-order valence-electron chi connectivity index (χ0n) is 13.9. The van der Waals surface area contributed by atoms with Gasteiger partial charge < -0.3 is 14.2 Å². The third-order valence-corrected chi connectivity index (χ3v) is 4.44.